The maximum Gasteiger partial charge on any atom is 0.246 e. The topological polar surface area (TPSA) is 49.3 Å². The van der Waals surface area contributed by atoms with Crippen molar-refractivity contribution in [1.29, 1.82) is 0 Å². The minimum Gasteiger partial charge on any atom is -0.384 e. The Kier molecular flexibility index (Phi) is 4.90. The second-order valence-corrected chi connectivity index (χ2v) is 5.04. The van der Waals surface area contributed by atoms with Crippen LogP contribution in [0.25, 0.3) is 0 Å². The highest BCUT2D eigenvalue weighted by atomic mass is 32.1. The summed E-state index contributed by atoms with van der Waals surface area (Å²) < 4.78 is 0. The van der Waals surface area contributed by atoms with E-state index in [1.54, 1.807) is 13.8 Å². The van der Waals surface area contributed by atoms with Crippen LogP contribution >= 0.6 is 11.3 Å². The molecular weight excluding hydrogens is 234 g/mol. The normalized spacial score (nSPS) is 15.4. The third-order valence-electron chi connectivity index (χ3n) is 2.60. The maximum absolute atomic E-state index is 11.7. The number of carbonyl (C=O) groups excluding carboxylic acids is 1. The zero-order valence-corrected chi connectivity index (χ0v) is 11.3. The number of carbonyl (C=O) groups is 1. The van der Waals surface area contributed by atoms with Crippen molar-refractivity contribution in [3.8, 4) is 0 Å². The third kappa shape index (κ3) is 3.98. The van der Waals surface area contributed by atoms with Gasteiger partial charge in [0.2, 0.25) is 5.91 Å². The fraction of sp³-hybridized carbons (Fsp3) is 0.462. The lowest BCUT2D eigenvalue weighted by molar-refractivity contribution is -0.118. The highest BCUT2D eigenvalue weighted by Crippen LogP contribution is 2.22. The molecule has 1 unspecified atom stereocenters. The molecule has 0 aliphatic rings. The van der Waals surface area contributed by atoms with Crippen LogP contribution in [-0.2, 0) is 10.4 Å². The molecule has 0 spiro atoms. The van der Waals surface area contributed by atoms with Crippen LogP contribution in [0.15, 0.2) is 28.5 Å². The Hall–Kier alpha value is -1.13. The van der Waals surface area contributed by atoms with E-state index in [4.69, 9.17) is 0 Å². The van der Waals surface area contributed by atoms with Crippen molar-refractivity contribution < 1.29 is 9.90 Å². The van der Waals surface area contributed by atoms with E-state index < -0.39 is 5.60 Å². The van der Waals surface area contributed by atoms with Crippen molar-refractivity contribution in [2.75, 3.05) is 6.54 Å². The van der Waals surface area contributed by atoms with Gasteiger partial charge in [0.1, 0.15) is 5.60 Å². The third-order valence-corrected chi connectivity index (χ3v) is 3.29. The van der Waals surface area contributed by atoms with Gasteiger partial charge in [0.15, 0.2) is 0 Å². The SMILES string of the molecule is CC/C=C(\C)C(=O)NCC(C)(O)c1ccsc1. The van der Waals surface area contributed by atoms with E-state index in [2.05, 4.69) is 5.32 Å². The molecule has 4 heteroatoms. The molecule has 0 fully saturated rings. The van der Waals surface area contributed by atoms with Gasteiger partial charge in [-0.15, -0.1) is 0 Å². The Balaban J connectivity index is 2.56. The number of nitrogens with one attached hydrogen (secondary N) is 1. The molecule has 1 aromatic rings. The van der Waals surface area contributed by atoms with Gasteiger partial charge in [0, 0.05) is 5.57 Å². The van der Waals surface area contributed by atoms with Crippen LogP contribution in [0, 0.1) is 0 Å². The monoisotopic (exact) mass is 253 g/mol. The van der Waals surface area contributed by atoms with Gasteiger partial charge >= 0.3 is 0 Å². The van der Waals surface area contributed by atoms with E-state index in [0.29, 0.717) is 5.57 Å². The van der Waals surface area contributed by atoms with Crippen LogP contribution in [-0.4, -0.2) is 17.6 Å². The van der Waals surface area contributed by atoms with E-state index in [0.717, 1.165) is 12.0 Å². The molecule has 1 atom stereocenters. The van der Waals surface area contributed by atoms with Crippen LogP contribution in [0.3, 0.4) is 0 Å². The standard InChI is InChI=1S/C13H19NO2S/c1-4-5-10(2)12(15)14-9-13(3,16)11-6-7-17-8-11/h5-8,16H,4,9H2,1-3H3,(H,14,15)/b10-5+. The summed E-state index contributed by atoms with van der Waals surface area (Å²) in [6.45, 7) is 5.68. The Labute approximate surface area is 106 Å². The Morgan fingerprint density at radius 2 is 2.35 bits per heavy atom. The van der Waals surface area contributed by atoms with E-state index in [9.17, 15) is 9.90 Å². The quantitative estimate of drug-likeness (QED) is 0.792. The summed E-state index contributed by atoms with van der Waals surface area (Å²) in [6, 6.07) is 1.87. The maximum atomic E-state index is 11.7. The van der Waals surface area contributed by atoms with E-state index in [1.807, 2.05) is 29.8 Å². The molecule has 1 amide bonds. The van der Waals surface area contributed by atoms with Gasteiger partial charge in [0.05, 0.1) is 6.54 Å². The number of hydrogen-bond donors (Lipinski definition) is 2. The van der Waals surface area contributed by atoms with Crippen LogP contribution < -0.4 is 5.32 Å². The van der Waals surface area contributed by atoms with Crippen molar-refractivity contribution in [1.82, 2.24) is 5.32 Å². The predicted octanol–water partition coefficient (Wildman–Crippen LogP) is 2.43. The summed E-state index contributed by atoms with van der Waals surface area (Å²) >= 11 is 1.53. The number of hydrogen-bond acceptors (Lipinski definition) is 3. The van der Waals surface area contributed by atoms with Gasteiger partial charge in [-0.25, -0.2) is 0 Å². The molecule has 0 aromatic carbocycles. The average molecular weight is 253 g/mol. The number of amides is 1. The summed E-state index contributed by atoms with van der Waals surface area (Å²) in [5.41, 5.74) is 0.510. The van der Waals surface area contributed by atoms with Gasteiger partial charge in [-0.1, -0.05) is 13.0 Å². The molecule has 3 nitrogen and oxygen atoms in total. The first-order valence-corrected chi connectivity index (χ1v) is 6.61. The van der Waals surface area contributed by atoms with Gasteiger partial charge in [-0.05, 0) is 42.7 Å². The Bertz CT molecular complexity index is 394. The molecule has 1 heterocycles. The zero-order valence-electron chi connectivity index (χ0n) is 10.5. The predicted molar refractivity (Wildman–Crippen MR) is 70.9 cm³/mol. The number of aliphatic hydroxyl groups is 1. The molecule has 94 valence electrons. The van der Waals surface area contributed by atoms with Crippen molar-refractivity contribution in [2.45, 2.75) is 32.8 Å². The van der Waals surface area contributed by atoms with E-state index in [-0.39, 0.29) is 12.5 Å². The minimum atomic E-state index is -1.01. The van der Waals surface area contributed by atoms with Crippen molar-refractivity contribution in [2.24, 2.45) is 0 Å². The molecule has 2 N–H and O–H groups in total. The zero-order chi connectivity index (χ0) is 12.9. The summed E-state index contributed by atoms with van der Waals surface area (Å²) in [7, 11) is 0. The summed E-state index contributed by atoms with van der Waals surface area (Å²) in [5.74, 6) is -0.123. The fourth-order valence-corrected chi connectivity index (χ4v) is 2.25. The lowest BCUT2D eigenvalue weighted by Crippen LogP contribution is -2.38. The van der Waals surface area contributed by atoms with Crippen LogP contribution in [0.1, 0.15) is 32.8 Å². The number of rotatable bonds is 5. The van der Waals surface area contributed by atoms with Gasteiger partial charge in [-0.3, -0.25) is 4.79 Å². The minimum absolute atomic E-state index is 0.123. The van der Waals surface area contributed by atoms with E-state index >= 15 is 0 Å². The molecule has 0 aliphatic heterocycles. The smallest absolute Gasteiger partial charge is 0.246 e. The molecule has 1 rings (SSSR count). The molecule has 0 aliphatic carbocycles. The summed E-state index contributed by atoms with van der Waals surface area (Å²) in [5, 5.41) is 16.8. The Morgan fingerprint density at radius 1 is 1.65 bits per heavy atom. The number of allylic oxidation sites excluding steroid dienone is 1. The van der Waals surface area contributed by atoms with E-state index in [1.165, 1.54) is 11.3 Å². The first kappa shape index (κ1) is 13.9. The van der Waals surface area contributed by atoms with Crippen molar-refractivity contribution in [3.63, 3.8) is 0 Å². The lowest BCUT2D eigenvalue weighted by atomic mass is 9.99. The second-order valence-electron chi connectivity index (χ2n) is 4.26. The van der Waals surface area contributed by atoms with Crippen molar-refractivity contribution in [3.05, 3.63) is 34.0 Å². The van der Waals surface area contributed by atoms with Crippen molar-refractivity contribution >= 4 is 17.2 Å². The number of thiophene rings is 1. The lowest BCUT2D eigenvalue weighted by Gasteiger charge is -2.22. The summed E-state index contributed by atoms with van der Waals surface area (Å²) in [4.78, 5) is 11.7. The van der Waals surface area contributed by atoms with Crippen LogP contribution in [0.2, 0.25) is 0 Å². The highest BCUT2D eigenvalue weighted by Gasteiger charge is 2.24. The Morgan fingerprint density at radius 3 is 2.88 bits per heavy atom. The fourth-order valence-electron chi connectivity index (χ4n) is 1.46. The molecule has 0 radical (unpaired) electrons. The summed E-state index contributed by atoms with van der Waals surface area (Å²) in [6.07, 6.45) is 2.70. The van der Waals surface area contributed by atoms with Gasteiger partial charge < -0.3 is 10.4 Å². The van der Waals surface area contributed by atoms with Gasteiger partial charge in [0.25, 0.3) is 0 Å². The van der Waals surface area contributed by atoms with Crippen LogP contribution in [0.5, 0.6) is 0 Å². The molecule has 0 saturated carbocycles. The first-order chi connectivity index (χ1) is 7.97. The molecule has 1 aromatic heterocycles. The highest BCUT2D eigenvalue weighted by molar-refractivity contribution is 7.08. The largest absolute Gasteiger partial charge is 0.384 e. The molecule has 0 bridgehead atoms. The van der Waals surface area contributed by atoms with Crippen LogP contribution in [0.4, 0.5) is 0 Å². The second kappa shape index (κ2) is 5.98. The molecule has 0 saturated heterocycles. The molecule has 17 heavy (non-hydrogen) atoms. The van der Waals surface area contributed by atoms with Gasteiger partial charge in [-0.2, -0.15) is 11.3 Å². The average Bonchev–Trinajstić information content (AvgIpc) is 2.80. The molecular formula is C13H19NO2S. The first-order valence-electron chi connectivity index (χ1n) is 5.67.